The van der Waals surface area contributed by atoms with E-state index in [4.69, 9.17) is 19.3 Å². The second-order valence-corrected chi connectivity index (χ2v) is 15.4. The molecule has 1 aromatic rings. The van der Waals surface area contributed by atoms with Crippen LogP contribution in [0.1, 0.15) is 96.8 Å². The van der Waals surface area contributed by atoms with Gasteiger partial charge >= 0.3 is 0 Å². The van der Waals surface area contributed by atoms with Crippen molar-refractivity contribution in [2.24, 2.45) is 17.8 Å². The first-order valence-electron chi connectivity index (χ1n) is 17.5. The molecule has 0 radical (unpaired) electrons. The lowest BCUT2D eigenvalue weighted by Crippen LogP contribution is -2.36. The highest BCUT2D eigenvalue weighted by molar-refractivity contribution is 6.11. The number of aliphatic hydroxyl groups is 3. The number of benzene rings is 1. The van der Waals surface area contributed by atoms with E-state index in [1.807, 2.05) is 59.7 Å². The summed E-state index contributed by atoms with van der Waals surface area (Å²) >= 11 is 0. The van der Waals surface area contributed by atoms with Gasteiger partial charge in [0, 0.05) is 36.0 Å². The molecule has 0 heterocycles. The second kappa shape index (κ2) is 14.9. The average molecular weight is 685 g/mol. The number of allylic oxidation sites excluding steroid dienone is 9. The van der Waals surface area contributed by atoms with Gasteiger partial charge in [0.15, 0.2) is 17.3 Å². The number of Topliss-reactive ketones (excluding diaryl/α,β-unsaturated/α-hetero) is 3. The average Bonchev–Trinajstić information content (AvgIpc) is 3.10. The van der Waals surface area contributed by atoms with Gasteiger partial charge in [0.1, 0.15) is 0 Å². The van der Waals surface area contributed by atoms with Gasteiger partial charge in [-0.2, -0.15) is 0 Å². The number of aliphatic hydroxyl groups excluding tert-OH is 3. The molecule has 0 amide bonds. The zero-order valence-corrected chi connectivity index (χ0v) is 30.5. The fourth-order valence-electron chi connectivity index (χ4n) is 7.57. The Hall–Kier alpha value is -5.25. The summed E-state index contributed by atoms with van der Waals surface area (Å²) in [5.41, 5.74) is -0.0385. The molecule has 3 aliphatic carbocycles. The molecule has 51 heavy (non-hydrogen) atoms. The molecule has 0 aliphatic heterocycles. The lowest BCUT2D eigenvalue weighted by Gasteiger charge is -2.38. The molecule has 1 aromatic carbocycles. The van der Waals surface area contributed by atoms with Crippen LogP contribution in [0.4, 0.5) is 0 Å². The minimum atomic E-state index is -1.22. The van der Waals surface area contributed by atoms with Gasteiger partial charge in [-0.05, 0) is 70.4 Å². The van der Waals surface area contributed by atoms with Crippen LogP contribution in [0.25, 0.3) is 0 Å². The van der Waals surface area contributed by atoms with Crippen LogP contribution in [-0.4, -0.2) is 32.7 Å². The fourth-order valence-corrected chi connectivity index (χ4v) is 7.57. The lowest BCUT2D eigenvalue weighted by molar-refractivity contribution is -0.113. The first-order chi connectivity index (χ1) is 24.1. The van der Waals surface area contributed by atoms with E-state index in [1.54, 1.807) is 18.2 Å². The van der Waals surface area contributed by atoms with Crippen molar-refractivity contribution in [1.29, 1.82) is 0 Å². The smallest absolute Gasteiger partial charge is 0.187 e. The molecule has 0 aromatic heterocycles. The molecule has 6 heteroatoms. The van der Waals surface area contributed by atoms with Crippen molar-refractivity contribution >= 4 is 17.3 Å². The number of hydrogen-bond donors (Lipinski definition) is 3. The highest BCUT2D eigenvalue weighted by atomic mass is 16.2. The molecule has 0 saturated carbocycles. The zero-order chi connectivity index (χ0) is 37.9. The number of rotatable bonds is 9. The Kier molecular flexibility index (Phi) is 11.3. The predicted molar refractivity (Wildman–Crippen MR) is 202 cm³/mol. The van der Waals surface area contributed by atoms with Crippen molar-refractivity contribution in [3.63, 3.8) is 0 Å². The molecule has 6 nitrogen and oxygen atoms in total. The van der Waals surface area contributed by atoms with E-state index in [9.17, 15) is 29.7 Å². The quantitative estimate of drug-likeness (QED) is 0.137. The van der Waals surface area contributed by atoms with E-state index in [1.165, 1.54) is 0 Å². The Morgan fingerprint density at radius 2 is 0.784 bits per heavy atom. The molecule has 0 unspecified atom stereocenters. The number of ketones is 3. The monoisotopic (exact) mass is 684 g/mol. The van der Waals surface area contributed by atoms with Crippen LogP contribution < -0.4 is 0 Å². The van der Waals surface area contributed by atoms with Crippen molar-refractivity contribution in [2.45, 2.75) is 96.3 Å². The molecule has 264 valence electrons. The summed E-state index contributed by atoms with van der Waals surface area (Å²) < 4.78 is 0. The normalized spacial score (nSPS) is 27.8. The van der Waals surface area contributed by atoms with E-state index in [0.29, 0.717) is 52.7 Å². The van der Waals surface area contributed by atoms with Gasteiger partial charge < -0.3 is 15.3 Å². The molecule has 0 saturated heterocycles. The minimum Gasteiger partial charge on any atom is -0.515 e. The van der Waals surface area contributed by atoms with Crippen LogP contribution in [0.2, 0.25) is 0 Å². The minimum absolute atomic E-state index is 0.00113. The number of carbonyl (C=O) groups excluding carboxylic acids is 3. The first-order valence-corrected chi connectivity index (χ1v) is 17.5. The van der Waals surface area contributed by atoms with Crippen LogP contribution in [0, 0.1) is 54.8 Å². The van der Waals surface area contributed by atoms with Crippen LogP contribution in [-0.2, 0) is 30.6 Å². The molecule has 3 N–H and O–H groups in total. The summed E-state index contributed by atoms with van der Waals surface area (Å²) in [4.78, 5) is 40.3. The van der Waals surface area contributed by atoms with Crippen molar-refractivity contribution in [3.05, 3.63) is 105 Å². The number of hydrogen-bond acceptors (Lipinski definition) is 6. The molecule has 0 spiro atoms. The van der Waals surface area contributed by atoms with Gasteiger partial charge in [0.25, 0.3) is 0 Å². The molecule has 0 fully saturated rings. The SMILES string of the molecule is C#CC1(c2cc(C3(C#C)C=C(CC(C)C)C(=O)C(=CO)C3)cc(C3(C#C)C=C(CC(C)C)C(=O)C(=CO)C3)c2)C=C(CC(C)C)C(=O)C(=CO)C1. The zero-order valence-electron chi connectivity index (χ0n) is 30.5. The van der Waals surface area contributed by atoms with E-state index in [0.717, 1.165) is 18.8 Å². The Labute approximate surface area is 302 Å². The lowest BCUT2D eigenvalue weighted by atomic mass is 9.63. The van der Waals surface area contributed by atoms with Gasteiger partial charge in [-0.3, -0.25) is 14.4 Å². The molecule has 3 aliphatic rings. The summed E-state index contributed by atoms with van der Waals surface area (Å²) in [6.07, 6.45) is 28.3. The van der Waals surface area contributed by atoms with Crippen LogP contribution in [0.15, 0.2) is 88.7 Å². The van der Waals surface area contributed by atoms with Gasteiger partial charge in [0.2, 0.25) is 0 Å². The molecular weight excluding hydrogens is 636 g/mol. The number of carbonyl (C=O) groups is 3. The standard InChI is InChI=1S/C45H48O6/c1-10-43(19-31(13-28(4)5)40(49)34(22-43)25-46)37-16-38(44(11-2)20-32(14-29(6)7)41(50)35(23-44)26-47)18-39(17-37)45(12-3)21-33(15-30(8)9)42(51)36(24-45)27-48/h1-3,16-21,25-30,46-48H,13-15,22-24H2,4-9H3. The first kappa shape index (κ1) is 38.6. The van der Waals surface area contributed by atoms with Gasteiger partial charge in [-0.15, -0.1) is 19.3 Å². The van der Waals surface area contributed by atoms with Gasteiger partial charge in [-0.25, -0.2) is 0 Å². The molecule has 0 bridgehead atoms. The van der Waals surface area contributed by atoms with Crippen molar-refractivity contribution in [2.75, 3.05) is 0 Å². The van der Waals surface area contributed by atoms with Crippen LogP contribution >= 0.6 is 0 Å². The van der Waals surface area contributed by atoms with Crippen molar-refractivity contribution in [1.82, 2.24) is 0 Å². The topological polar surface area (TPSA) is 112 Å². The van der Waals surface area contributed by atoms with Crippen molar-refractivity contribution < 1.29 is 29.7 Å². The van der Waals surface area contributed by atoms with Crippen LogP contribution in [0.5, 0.6) is 0 Å². The summed E-state index contributed by atoms with van der Waals surface area (Å²) in [7, 11) is 0. The van der Waals surface area contributed by atoms with Crippen molar-refractivity contribution in [3.8, 4) is 37.0 Å². The maximum Gasteiger partial charge on any atom is 0.187 e. The Morgan fingerprint density at radius 1 is 0.549 bits per heavy atom. The summed E-state index contributed by atoms with van der Waals surface area (Å²) in [6.45, 7) is 11.9. The molecular formula is C45H48O6. The van der Waals surface area contributed by atoms with E-state index in [-0.39, 0.29) is 71.1 Å². The van der Waals surface area contributed by atoms with Crippen LogP contribution in [0.3, 0.4) is 0 Å². The molecule has 0 atom stereocenters. The Morgan fingerprint density at radius 3 is 0.961 bits per heavy atom. The maximum atomic E-state index is 13.4. The fraction of sp³-hybridized carbons (Fsp3) is 0.400. The predicted octanol–water partition coefficient (Wildman–Crippen LogP) is 8.46. The Balaban J connectivity index is 2.18. The third-order valence-electron chi connectivity index (χ3n) is 10.0. The molecule has 4 rings (SSSR count). The highest BCUT2D eigenvalue weighted by Gasteiger charge is 2.44. The third-order valence-corrected chi connectivity index (χ3v) is 10.0. The maximum absolute atomic E-state index is 13.4. The second-order valence-electron chi connectivity index (χ2n) is 15.4. The van der Waals surface area contributed by atoms with E-state index in [2.05, 4.69) is 17.8 Å². The van der Waals surface area contributed by atoms with E-state index >= 15 is 0 Å². The largest absolute Gasteiger partial charge is 0.515 e. The van der Waals surface area contributed by atoms with E-state index < -0.39 is 16.2 Å². The summed E-state index contributed by atoms with van der Waals surface area (Å²) in [5.74, 6) is 8.35. The Bertz CT molecular complexity index is 1720. The third kappa shape index (κ3) is 7.31. The van der Waals surface area contributed by atoms with Gasteiger partial charge in [0.05, 0.1) is 35.0 Å². The summed E-state index contributed by atoms with van der Waals surface area (Å²) in [6, 6.07) is 5.60. The highest BCUT2D eigenvalue weighted by Crippen LogP contribution is 2.48. The summed E-state index contributed by atoms with van der Waals surface area (Å²) in [5, 5.41) is 30.8. The van der Waals surface area contributed by atoms with Gasteiger partial charge in [-0.1, -0.05) is 95.7 Å². The number of terminal acetylenes is 3.